The summed E-state index contributed by atoms with van der Waals surface area (Å²) in [6.07, 6.45) is 1.96. The second-order valence-electron chi connectivity index (χ2n) is 5.42. The fraction of sp³-hybridized carbons (Fsp3) is 0.357. The van der Waals surface area contributed by atoms with Gasteiger partial charge in [0, 0.05) is 0 Å². The lowest BCUT2D eigenvalue weighted by atomic mass is 9.77. The van der Waals surface area contributed by atoms with Crippen LogP contribution in [0.25, 0.3) is 0 Å². The summed E-state index contributed by atoms with van der Waals surface area (Å²) >= 11 is 2.57. The number of benzene rings is 1. The van der Waals surface area contributed by atoms with E-state index in [2.05, 4.69) is 10.2 Å². The van der Waals surface area contributed by atoms with Gasteiger partial charge in [-0.2, -0.15) is 0 Å². The van der Waals surface area contributed by atoms with Crippen molar-refractivity contribution in [2.24, 2.45) is 0 Å². The molecular weight excluding hydrogens is 349 g/mol. The third-order valence-electron chi connectivity index (χ3n) is 3.71. The Balaban J connectivity index is 1.90. The molecule has 0 saturated heterocycles. The normalized spacial score (nSPS) is 16.6. The maximum Gasteiger partial charge on any atom is 0.537 e. The molecule has 0 spiro atoms. The molecule has 0 fully saturated rings. The number of hydrogen-bond donors (Lipinski definition) is 3. The zero-order chi connectivity index (χ0) is 17.3. The second-order valence-corrected chi connectivity index (χ2v) is 7.91. The quantitative estimate of drug-likeness (QED) is 0.688. The molecule has 1 aliphatic heterocycles. The molecule has 0 radical (unpaired) electrons. The van der Waals surface area contributed by atoms with Gasteiger partial charge < -0.3 is 20.5 Å². The highest BCUT2D eigenvalue weighted by Gasteiger charge is 2.38. The number of nitrogens with two attached hydrogens (primary N) is 1. The SMILES string of the molecule is CCCc1ccc2c(c1C(=O)O)OB(O)[C@@H](Sc1nnc(N)s1)C2. The molecule has 2 heterocycles. The van der Waals surface area contributed by atoms with Crippen molar-refractivity contribution in [3.63, 3.8) is 0 Å². The minimum absolute atomic E-state index is 0.150. The predicted molar refractivity (Wildman–Crippen MR) is 93.7 cm³/mol. The van der Waals surface area contributed by atoms with Crippen molar-refractivity contribution in [1.29, 1.82) is 0 Å². The maximum atomic E-state index is 11.7. The van der Waals surface area contributed by atoms with Gasteiger partial charge >= 0.3 is 13.1 Å². The van der Waals surface area contributed by atoms with Crippen LogP contribution in [0.1, 0.15) is 34.8 Å². The zero-order valence-electron chi connectivity index (χ0n) is 12.9. The van der Waals surface area contributed by atoms with Gasteiger partial charge in [-0.15, -0.1) is 10.2 Å². The number of aryl methyl sites for hydroxylation is 1. The summed E-state index contributed by atoms with van der Waals surface area (Å²) in [5.74, 6) is -0.764. The molecule has 7 nitrogen and oxygen atoms in total. The number of rotatable bonds is 5. The Morgan fingerprint density at radius 3 is 2.96 bits per heavy atom. The number of fused-ring (bicyclic) bond motifs is 1. The molecule has 1 atom stereocenters. The number of hydrogen-bond acceptors (Lipinski definition) is 8. The average Bonchev–Trinajstić information content (AvgIpc) is 2.93. The van der Waals surface area contributed by atoms with Crippen LogP contribution in [0, 0.1) is 0 Å². The van der Waals surface area contributed by atoms with Gasteiger partial charge in [0.05, 0.1) is 5.15 Å². The molecule has 0 amide bonds. The number of carboxylic acid groups (broad SMARTS) is 1. The van der Waals surface area contributed by atoms with Crippen molar-refractivity contribution in [2.75, 3.05) is 5.73 Å². The van der Waals surface area contributed by atoms with Crippen molar-refractivity contribution in [2.45, 2.75) is 35.7 Å². The third-order valence-corrected chi connectivity index (χ3v) is 5.78. The minimum Gasteiger partial charge on any atom is -0.535 e. The number of carboxylic acids is 1. The van der Waals surface area contributed by atoms with Gasteiger partial charge in [0.25, 0.3) is 0 Å². The maximum absolute atomic E-state index is 11.7. The number of anilines is 1. The molecule has 24 heavy (non-hydrogen) atoms. The number of carbonyl (C=O) groups is 1. The fourth-order valence-corrected chi connectivity index (χ4v) is 4.63. The molecule has 2 aromatic rings. The molecule has 0 bridgehead atoms. The van der Waals surface area contributed by atoms with E-state index in [9.17, 15) is 14.9 Å². The summed E-state index contributed by atoms with van der Waals surface area (Å²) in [4.78, 5) is 11.7. The highest BCUT2D eigenvalue weighted by molar-refractivity contribution is 8.02. The summed E-state index contributed by atoms with van der Waals surface area (Å²) < 4.78 is 6.23. The molecule has 10 heteroatoms. The molecule has 0 unspecified atom stereocenters. The first-order valence-electron chi connectivity index (χ1n) is 7.48. The monoisotopic (exact) mass is 365 g/mol. The molecule has 0 aliphatic carbocycles. The Bertz CT molecular complexity index is 770. The minimum atomic E-state index is -1.12. The van der Waals surface area contributed by atoms with Crippen molar-refractivity contribution in [1.82, 2.24) is 10.2 Å². The van der Waals surface area contributed by atoms with Gasteiger partial charge in [-0.3, -0.25) is 0 Å². The van der Waals surface area contributed by atoms with Crippen LogP contribution in [-0.4, -0.2) is 38.6 Å². The van der Waals surface area contributed by atoms with E-state index < -0.39 is 13.1 Å². The Kier molecular flexibility index (Phi) is 4.97. The first kappa shape index (κ1) is 17.1. The average molecular weight is 365 g/mol. The third kappa shape index (κ3) is 3.35. The molecule has 126 valence electrons. The molecule has 1 aromatic heterocycles. The summed E-state index contributed by atoms with van der Waals surface area (Å²) in [6, 6.07) is 3.71. The van der Waals surface area contributed by atoms with Gasteiger partial charge in [-0.1, -0.05) is 48.6 Å². The molecule has 0 saturated carbocycles. The Morgan fingerprint density at radius 2 is 2.33 bits per heavy atom. The first-order chi connectivity index (χ1) is 11.5. The van der Waals surface area contributed by atoms with E-state index in [1.807, 2.05) is 19.1 Å². The Labute approximate surface area is 147 Å². The van der Waals surface area contributed by atoms with Crippen molar-refractivity contribution < 1.29 is 19.6 Å². The fourth-order valence-electron chi connectivity index (χ4n) is 2.69. The molecule has 3 rings (SSSR count). The van der Waals surface area contributed by atoms with Crippen LogP contribution in [-0.2, 0) is 12.8 Å². The van der Waals surface area contributed by atoms with Gasteiger partial charge in [-0.25, -0.2) is 4.79 Å². The van der Waals surface area contributed by atoms with Gasteiger partial charge in [0.15, 0.2) is 4.34 Å². The van der Waals surface area contributed by atoms with Crippen molar-refractivity contribution >= 4 is 41.3 Å². The summed E-state index contributed by atoms with van der Waals surface area (Å²) in [5, 5.41) is 27.6. The standard InChI is InChI=1S/C14H16BN3O4S2/c1-2-3-7-4-5-8-6-9(23-14-18-17-13(16)24-14)15(21)22-11(8)10(7)12(19)20/h4-5,9,21H,2-3,6H2,1H3,(H2,16,17)(H,19,20)/t9-/m0/s1. The number of nitrogens with zero attached hydrogens (tertiary/aromatic N) is 2. The lowest BCUT2D eigenvalue weighted by Crippen LogP contribution is -2.41. The molecule has 1 aliphatic rings. The summed E-state index contributed by atoms with van der Waals surface area (Å²) in [5.41, 5.74) is 7.21. The lowest BCUT2D eigenvalue weighted by molar-refractivity contribution is 0.0693. The number of aromatic carboxylic acids is 1. The van der Waals surface area contributed by atoms with Crippen LogP contribution in [0.3, 0.4) is 0 Å². The first-order valence-corrected chi connectivity index (χ1v) is 9.17. The van der Waals surface area contributed by atoms with E-state index in [0.29, 0.717) is 22.3 Å². The van der Waals surface area contributed by atoms with Crippen molar-refractivity contribution in [3.05, 3.63) is 28.8 Å². The molecule has 4 N–H and O–H groups in total. The van der Waals surface area contributed by atoms with E-state index in [4.69, 9.17) is 10.4 Å². The zero-order valence-corrected chi connectivity index (χ0v) is 14.6. The number of thioether (sulfide) groups is 1. The van der Waals surface area contributed by atoms with Gasteiger partial charge in [0.2, 0.25) is 5.13 Å². The Morgan fingerprint density at radius 1 is 1.54 bits per heavy atom. The van der Waals surface area contributed by atoms with E-state index >= 15 is 0 Å². The summed E-state index contributed by atoms with van der Waals surface area (Å²) in [7, 11) is -1.12. The number of nitrogen functional groups attached to an aromatic ring is 1. The van der Waals surface area contributed by atoms with Crippen LogP contribution < -0.4 is 10.4 Å². The highest BCUT2D eigenvalue weighted by Crippen LogP contribution is 2.38. The van der Waals surface area contributed by atoms with Gasteiger partial charge in [-0.05, 0) is 24.0 Å². The van der Waals surface area contributed by atoms with Crippen molar-refractivity contribution in [3.8, 4) is 5.75 Å². The predicted octanol–water partition coefficient (Wildman–Crippen LogP) is 1.89. The van der Waals surface area contributed by atoms with Crippen LogP contribution in [0.4, 0.5) is 5.13 Å². The Hall–Kier alpha value is -1.78. The lowest BCUT2D eigenvalue weighted by Gasteiger charge is -2.28. The smallest absolute Gasteiger partial charge is 0.535 e. The van der Waals surface area contributed by atoms with E-state index in [1.54, 1.807) is 0 Å². The highest BCUT2D eigenvalue weighted by atomic mass is 32.2. The van der Waals surface area contributed by atoms with Gasteiger partial charge in [0.1, 0.15) is 11.3 Å². The molecule has 1 aromatic carbocycles. The molecular formula is C14H16BN3O4S2. The topological polar surface area (TPSA) is 119 Å². The van der Waals surface area contributed by atoms with Crippen LogP contribution in [0.2, 0.25) is 0 Å². The van der Waals surface area contributed by atoms with Crippen LogP contribution in [0.5, 0.6) is 5.75 Å². The van der Waals surface area contributed by atoms with E-state index in [-0.39, 0.29) is 16.5 Å². The summed E-state index contributed by atoms with van der Waals surface area (Å²) in [6.45, 7) is 1.99. The van der Waals surface area contributed by atoms with Crippen LogP contribution in [0.15, 0.2) is 16.5 Å². The van der Waals surface area contributed by atoms with E-state index in [0.717, 1.165) is 17.5 Å². The number of aromatic nitrogens is 2. The van der Waals surface area contributed by atoms with E-state index in [1.165, 1.54) is 23.1 Å². The largest absolute Gasteiger partial charge is 0.537 e. The van der Waals surface area contributed by atoms with Crippen LogP contribution >= 0.6 is 23.1 Å². The second kappa shape index (κ2) is 7.00.